The second kappa shape index (κ2) is 11.1. The van der Waals surface area contributed by atoms with Crippen LogP contribution in [0.1, 0.15) is 11.1 Å². The number of non-ortho nitro benzene ring substituents is 1. The van der Waals surface area contributed by atoms with E-state index in [1.165, 1.54) is 28.8 Å². The third kappa shape index (κ3) is 5.48. The van der Waals surface area contributed by atoms with E-state index >= 15 is 0 Å². The number of nitrogens with one attached hydrogen (secondary N) is 1. The number of carboxylic acids is 1. The number of hydrogen-bond donors (Lipinski definition) is 2. The van der Waals surface area contributed by atoms with Crippen molar-refractivity contribution in [3.63, 3.8) is 0 Å². The van der Waals surface area contributed by atoms with Crippen LogP contribution < -0.4 is 5.32 Å². The van der Waals surface area contributed by atoms with Crippen LogP contribution in [0, 0.1) is 10.1 Å². The van der Waals surface area contributed by atoms with Crippen LogP contribution in [0.4, 0.5) is 5.69 Å². The van der Waals surface area contributed by atoms with Crippen molar-refractivity contribution in [3.05, 3.63) is 87.2 Å². The number of amides is 2. The lowest BCUT2D eigenvalue weighted by Gasteiger charge is -2.53. The molecule has 0 aromatic heterocycles. The Bertz CT molecular complexity index is 1310. The Hall–Kier alpha value is -3.90. The van der Waals surface area contributed by atoms with Gasteiger partial charge in [0.25, 0.3) is 11.6 Å². The quantitative estimate of drug-likeness (QED) is 0.285. The van der Waals surface area contributed by atoms with Gasteiger partial charge in [-0.05, 0) is 24.6 Å². The maximum atomic E-state index is 13.3. The molecule has 2 unspecified atom stereocenters. The highest BCUT2D eigenvalue weighted by molar-refractivity contribution is 8.00. The van der Waals surface area contributed by atoms with E-state index in [-0.39, 0.29) is 29.0 Å². The molecule has 2 N–H and O–H groups in total. The molecule has 2 fully saturated rings. The van der Waals surface area contributed by atoms with E-state index in [1.54, 1.807) is 12.1 Å². The summed E-state index contributed by atoms with van der Waals surface area (Å²) in [6.45, 7) is 2.73. The Balaban J connectivity index is 1.44. The number of fused-ring (bicyclic) bond motifs is 1. The van der Waals surface area contributed by atoms with Gasteiger partial charge >= 0.3 is 5.97 Å². The smallest absolute Gasteiger partial charge is 0.354 e. The summed E-state index contributed by atoms with van der Waals surface area (Å²) in [5.41, 5.74) is 2.15. The molecule has 5 rings (SSSR count). The van der Waals surface area contributed by atoms with Crippen molar-refractivity contribution in [2.45, 2.75) is 29.5 Å². The Morgan fingerprint density at radius 2 is 1.72 bits per heavy atom. The van der Waals surface area contributed by atoms with Crippen LogP contribution in [0.2, 0.25) is 0 Å². The van der Waals surface area contributed by atoms with E-state index in [0.717, 1.165) is 24.2 Å². The summed E-state index contributed by atoms with van der Waals surface area (Å²) in [6.07, 6.45) is 0.534. The van der Waals surface area contributed by atoms with Gasteiger partial charge in [0.2, 0.25) is 5.91 Å². The van der Waals surface area contributed by atoms with Gasteiger partial charge in [0.15, 0.2) is 5.70 Å². The Morgan fingerprint density at radius 1 is 1.05 bits per heavy atom. The summed E-state index contributed by atoms with van der Waals surface area (Å²) < 4.78 is 0. The van der Waals surface area contributed by atoms with Gasteiger partial charge in [-0.3, -0.25) is 24.6 Å². The molecular formula is C27H29N5O6S. The van der Waals surface area contributed by atoms with E-state index in [4.69, 9.17) is 0 Å². The van der Waals surface area contributed by atoms with Crippen molar-refractivity contribution in [2.75, 3.05) is 33.2 Å². The highest BCUT2D eigenvalue weighted by atomic mass is 32.2. The van der Waals surface area contributed by atoms with Crippen molar-refractivity contribution in [1.82, 2.24) is 20.0 Å². The van der Waals surface area contributed by atoms with E-state index in [2.05, 4.69) is 10.2 Å². The monoisotopic (exact) mass is 551 g/mol. The maximum absolute atomic E-state index is 13.3. The van der Waals surface area contributed by atoms with Crippen LogP contribution in [0.15, 0.2) is 66.0 Å². The molecule has 2 aromatic carbocycles. The lowest BCUT2D eigenvalue weighted by molar-refractivity contribution is -0.384. The minimum Gasteiger partial charge on any atom is -0.477 e. The van der Waals surface area contributed by atoms with Crippen molar-refractivity contribution in [1.29, 1.82) is 0 Å². The third-order valence-corrected chi connectivity index (χ3v) is 8.75. The van der Waals surface area contributed by atoms with Gasteiger partial charge in [0, 0.05) is 38.3 Å². The summed E-state index contributed by atoms with van der Waals surface area (Å²) in [5, 5.41) is 23.3. The fourth-order valence-electron chi connectivity index (χ4n) is 5.21. The molecule has 0 radical (unpaired) electrons. The number of likely N-dealkylation sites (N-methyl/N-ethyl adjacent to an activating group) is 1. The average Bonchev–Trinajstić information content (AvgIpc) is 2.92. The maximum Gasteiger partial charge on any atom is 0.354 e. The molecule has 2 saturated heterocycles. The van der Waals surface area contributed by atoms with Crippen LogP contribution in [0.5, 0.6) is 0 Å². The fourth-order valence-corrected chi connectivity index (χ4v) is 6.90. The number of thioether (sulfide) groups is 1. The number of rotatable bonds is 8. The van der Waals surface area contributed by atoms with Crippen molar-refractivity contribution in [2.24, 2.45) is 0 Å². The first-order valence-electron chi connectivity index (χ1n) is 12.7. The Kier molecular flexibility index (Phi) is 7.58. The van der Waals surface area contributed by atoms with Crippen LogP contribution in [0.25, 0.3) is 0 Å². The highest BCUT2D eigenvalue weighted by Crippen LogP contribution is 2.46. The zero-order valence-corrected chi connectivity index (χ0v) is 22.2. The number of nitrogens with zero attached hydrogens (tertiary/aromatic N) is 4. The first-order valence-corrected chi connectivity index (χ1v) is 13.6. The van der Waals surface area contributed by atoms with Gasteiger partial charge in [-0.25, -0.2) is 4.79 Å². The van der Waals surface area contributed by atoms with Gasteiger partial charge in [0.05, 0.1) is 22.3 Å². The standard InChI is InChI=1S/C27H29N5O6S/c1-29-11-13-30(14-12-29)23-20(15-18-7-9-19(10-8-18)32(37)38)39-26-22(25(34)31(26)24(23)27(35)36)28-21(33)16-17-5-3-2-4-6-17/h2-10,20,22,26H,11-16H2,1H3,(H,28,33)(H,35,36)/t20?,22?,26-/m1/s1. The number of carboxylic acid groups (broad SMARTS) is 1. The van der Waals surface area contributed by atoms with Gasteiger partial charge < -0.3 is 20.2 Å². The molecule has 3 atom stereocenters. The topological polar surface area (TPSA) is 136 Å². The predicted molar refractivity (Wildman–Crippen MR) is 145 cm³/mol. The molecule has 0 saturated carbocycles. The van der Waals surface area contributed by atoms with E-state index in [1.807, 2.05) is 42.3 Å². The lowest BCUT2D eigenvalue weighted by Crippen LogP contribution is -2.72. The number of carbonyl (C=O) groups excluding carboxylic acids is 2. The summed E-state index contributed by atoms with van der Waals surface area (Å²) in [5.74, 6) is -1.94. The normalized spacial score (nSPS) is 23.2. The summed E-state index contributed by atoms with van der Waals surface area (Å²) in [6, 6.07) is 14.6. The van der Waals surface area contributed by atoms with Crippen LogP contribution in [0.3, 0.4) is 0 Å². The largest absolute Gasteiger partial charge is 0.477 e. The van der Waals surface area contributed by atoms with Gasteiger partial charge in [-0.15, -0.1) is 11.8 Å². The number of carbonyl (C=O) groups is 3. The number of piperazine rings is 1. The summed E-state index contributed by atoms with van der Waals surface area (Å²) in [7, 11) is 2.01. The molecule has 0 aliphatic carbocycles. The molecule has 3 aliphatic rings. The molecule has 0 spiro atoms. The Morgan fingerprint density at radius 3 is 2.33 bits per heavy atom. The number of benzene rings is 2. The van der Waals surface area contributed by atoms with Crippen LogP contribution in [-0.2, 0) is 27.2 Å². The van der Waals surface area contributed by atoms with Gasteiger partial charge in [-0.2, -0.15) is 0 Å². The minimum atomic E-state index is -1.19. The minimum absolute atomic E-state index is 0.0203. The average molecular weight is 552 g/mol. The van der Waals surface area contributed by atoms with Crippen LogP contribution >= 0.6 is 11.8 Å². The number of hydrogen-bond acceptors (Lipinski definition) is 8. The van der Waals surface area contributed by atoms with E-state index in [0.29, 0.717) is 25.2 Å². The Labute approximate surface area is 229 Å². The van der Waals surface area contributed by atoms with E-state index < -0.39 is 28.2 Å². The fraction of sp³-hybridized carbons (Fsp3) is 0.370. The highest BCUT2D eigenvalue weighted by Gasteiger charge is 2.57. The van der Waals surface area contributed by atoms with E-state index in [9.17, 15) is 29.6 Å². The molecule has 204 valence electrons. The summed E-state index contributed by atoms with van der Waals surface area (Å²) >= 11 is 1.45. The number of β-lactam (4-membered cyclic amide) rings is 1. The molecule has 39 heavy (non-hydrogen) atoms. The number of nitro groups is 1. The third-order valence-electron chi connectivity index (χ3n) is 7.27. The van der Waals surface area contributed by atoms with Crippen molar-refractivity contribution in [3.8, 4) is 0 Å². The lowest BCUT2D eigenvalue weighted by atomic mass is 9.99. The molecule has 12 heteroatoms. The summed E-state index contributed by atoms with van der Waals surface area (Å²) in [4.78, 5) is 54.8. The molecule has 2 amide bonds. The molecule has 3 heterocycles. The van der Waals surface area contributed by atoms with Gasteiger partial charge in [-0.1, -0.05) is 42.5 Å². The first-order chi connectivity index (χ1) is 18.7. The van der Waals surface area contributed by atoms with Gasteiger partial charge in [0.1, 0.15) is 11.4 Å². The molecule has 3 aliphatic heterocycles. The second-order valence-electron chi connectivity index (χ2n) is 9.89. The molecule has 11 nitrogen and oxygen atoms in total. The zero-order chi connectivity index (χ0) is 27.7. The SMILES string of the molecule is CN1CCN(C2=C(C(=O)O)N3C(=O)C(NC(=O)Cc4ccccc4)[C@H]3SC2Cc2ccc([N+](=O)[O-])cc2)CC1. The van der Waals surface area contributed by atoms with Crippen molar-refractivity contribution >= 4 is 35.2 Å². The molecule has 2 aromatic rings. The number of aliphatic carboxylic acids is 1. The molecular weight excluding hydrogens is 522 g/mol. The molecule has 0 bridgehead atoms. The first kappa shape index (κ1) is 26.7. The van der Waals surface area contributed by atoms with Crippen molar-refractivity contribution < 1.29 is 24.4 Å². The van der Waals surface area contributed by atoms with Crippen LogP contribution in [-0.4, -0.2) is 92.4 Å². The zero-order valence-electron chi connectivity index (χ0n) is 21.4. The second-order valence-corrected chi connectivity index (χ2v) is 11.2. The number of nitro benzene ring substituents is 1. The predicted octanol–water partition coefficient (Wildman–Crippen LogP) is 1.69.